The van der Waals surface area contributed by atoms with Crippen LogP contribution in [-0.4, -0.2) is 45.3 Å². The molecule has 1 saturated heterocycles. The third-order valence-electron chi connectivity index (χ3n) is 3.11. The van der Waals surface area contributed by atoms with Crippen LogP contribution in [0.1, 0.15) is 28.8 Å². The van der Waals surface area contributed by atoms with Crippen LogP contribution in [0.15, 0.2) is 5.38 Å². The zero-order valence-corrected chi connectivity index (χ0v) is 10.5. The predicted octanol–water partition coefficient (Wildman–Crippen LogP) is 1.04. The zero-order chi connectivity index (χ0) is 12.4. The minimum Gasteiger partial charge on any atom is -0.476 e. The van der Waals surface area contributed by atoms with Crippen LogP contribution in [0.3, 0.4) is 0 Å². The molecule has 0 spiro atoms. The normalized spacial score (nSPS) is 22.8. The zero-order valence-electron chi connectivity index (χ0n) is 9.67. The van der Waals surface area contributed by atoms with Crippen molar-refractivity contribution in [3.63, 3.8) is 0 Å². The third-order valence-corrected chi connectivity index (χ3v) is 3.99. The Labute approximate surface area is 104 Å². The molecular weight excluding hydrogens is 240 g/mol. The van der Waals surface area contributed by atoms with Crippen molar-refractivity contribution in [3.05, 3.63) is 16.1 Å². The van der Waals surface area contributed by atoms with Crippen LogP contribution in [0, 0.1) is 5.92 Å². The lowest BCUT2D eigenvalue weighted by Gasteiger charge is -2.15. The van der Waals surface area contributed by atoms with Gasteiger partial charge in [0.25, 0.3) is 0 Å². The topological polar surface area (TPSA) is 73.7 Å². The smallest absolute Gasteiger partial charge is 0.365 e. The first-order chi connectivity index (χ1) is 8.06. The molecule has 1 aliphatic rings. The molecule has 1 fully saturated rings. The lowest BCUT2D eigenvalue weighted by Crippen LogP contribution is -2.24. The number of hydrogen-bond donors (Lipinski definition) is 2. The molecule has 2 N–H and O–H groups in total. The SMILES string of the molecule is CC(O)C1CCN(Cc2csc(C(=O)O)n2)C1. The van der Waals surface area contributed by atoms with Gasteiger partial charge in [-0.1, -0.05) is 0 Å². The van der Waals surface area contributed by atoms with E-state index < -0.39 is 5.97 Å². The molecule has 0 aromatic carbocycles. The first kappa shape index (κ1) is 12.5. The maximum atomic E-state index is 10.7. The minimum absolute atomic E-state index is 0.145. The number of hydrogen-bond acceptors (Lipinski definition) is 5. The predicted molar refractivity (Wildman–Crippen MR) is 64.1 cm³/mol. The summed E-state index contributed by atoms with van der Waals surface area (Å²) in [6.45, 7) is 4.29. The number of aliphatic hydroxyl groups is 1. The summed E-state index contributed by atoms with van der Waals surface area (Å²) in [6.07, 6.45) is 0.721. The molecule has 0 bridgehead atoms. The van der Waals surface area contributed by atoms with Crippen LogP contribution in [-0.2, 0) is 6.54 Å². The molecule has 1 aromatic rings. The average Bonchev–Trinajstić information content (AvgIpc) is 2.87. The summed E-state index contributed by atoms with van der Waals surface area (Å²) in [7, 11) is 0. The number of carboxylic acids is 1. The second kappa shape index (κ2) is 5.12. The molecule has 0 aliphatic carbocycles. The fraction of sp³-hybridized carbons (Fsp3) is 0.636. The Morgan fingerprint density at radius 1 is 1.76 bits per heavy atom. The van der Waals surface area contributed by atoms with Gasteiger partial charge in [-0.3, -0.25) is 4.90 Å². The number of nitrogens with zero attached hydrogens (tertiary/aromatic N) is 2. The Kier molecular flexibility index (Phi) is 3.76. The molecule has 2 unspecified atom stereocenters. The van der Waals surface area contributed by atoms with E-state index in [0.717, 1.165) is 36.5 Å². The summed E-state index contributed by atoms with van der Waals surface area (Å²) in [6, 6.07) is 0. The van der Waals surface area contributed by atoms with Gasteiger partial charge < -0.3 is 10.2 Å². The Bertz CT molecular complexity index is 405. The summed E-state index contributed by atoms with van der Waals surface area (Å²) in [5.41, 5.74) is 0.804. The number of aromatic nitrogens is 1. The van der Waals surface area contributed by atoms with E-state index in [1.807, 2.05) is 6.92 Å². The van der Waals surface area contributed by atoms with E-state index in [1.54, 1.807) is 5.38 Å². The molecule has 5 nitrogen and oxygen atoms in total. The Morgan fingerprint density at radius 2 is 2.53 bits per heavy atom. The van der Waals surface area contributed by atoms with Crippen molar-refractivity contribution < 1.29 is 15.0 Å². The summed E-state index contributed by atoms with van der Waals surface area (Å²) >= 11 is 1.16. The third kappa shape index (κ3) is 3.02. The van der Waals surface area contributed by atoms with Crippen LogP contribution in [0.4, 0.5) is 0 Å². The van der Waals surface area contributed by atoms with Crippen molar-refractivity contribution in [2.24, 2.45) is 5.92 Å². The number of carbonyl (C=O) groups is 1. The van der Waals surface area contributed by atoms with Gasteiger partial charge in [0.15, 0.2) is 0 Å². The molecule has 6 heteroatoms. The summed E-state index contributed by atoms with van der Waals surface area (Å²) in [5, 5.41) is 20.2. The van der Waals surface area contributed by atoms with Crippen molar-refractivity contribution in [1.82, 2.24) is 9.88 Å². The number of carboxylic acid groups (broad SMARTS) is 1. The fourth-order valence-corrected chi connectivity index (χ4v) is 2.75. The van der Waals surface area contributed by atoms with E-state index in [0.29, 0.717) is 12.5 Å². The highest BCUT2D eigenvalue weighted by molar-refractivity contribution is 7.11. The van der Waals surface area contributed by atoms with Gasteiger partial charge in [-0.2, -0.15) is 0 Å². The maximum Gasteiger partial charge on any atom is 0.365 e. The lowest BCUT2D eigenvalue weighted by molar-refractivity contribution is 0.0696. The molecule has 0 saturated carbocycles. The van der Waals surface area contributed by atoms with Crippen molar-refractivity contribution in [2.75, 3.05) is 13.1 Å². The number of aliphatic hydroxyl groups excluding tert-OH is 1. The van der Waals surface area contributed by atoms with Crippen LogP contribution < -0.4 is 0 Å². The molecule has 17 heavy (non-hydrogen) atoms. The molecule has 2 atom stereocenters. The Morgan fingerprint density at radius 3 is 3.06 bits per heavy atom. The molecule has 1 aromatic heterocycles. The maximum absolute atomic E-state index is 10.7. The van der Waals surface area contributed by atoms with Gasteiger partial charge in [0.1, 0.15) is 0 Å². The first-order valence-corrected chi connectivity index (χ1v) is 6.52. The Balaban J connectivity index is 1.91. The quantitative estimate of drug-likeness (QED) is 0.842. The highest BCUT2D eigenvalue weighted by Gasteiger charge is 2.26. The van der Waals surface area contributed by atoms with E-state index in [-0.39, 0.29) is 11.1 Å². The molecule has 2 rings (SSSR count). The van der Waals surface area contributed by atoms with Gasteiger partial charge >= 0.3 is 5.97 Å². The molecule has 0 radical (unpaired) electrons. The average molecular weight is 256 g/mol. The fourth-order valence-electron chi connectivity index (χ4n) is 2.11. The summed E-state index contributed by atoms with van der Waals surface area (Å²) in [4.78, 5) is 17.0. The van der Waals surface area contributed by atoms with Crippen molar-refractivity contribution >= 4 is 17.3 Å². The van der Waals surface area contributed by atoms with Crippen molar-refractivity contribution in [3.8, 4) is 0 Å². The highest BCUT2D eigenvalue weighted by atomic mass is 32.1. The Hall–Kier alpha value is -0.980. The van der Waals surface area contributed by atoms with Crippen LogP contribution in [0.25, 0.3) is 0 Å². The van der Waals surface area contributed by atoms with Crippen LogP contribution >= 0.6 is 11.3 Å². The number of rotatable bonds is 4. The van der Waals surface area contributed by atoms with Gasteiger partial charge in [0, 0.05) is 18.5 Å². The monoisotopic (exact) mass is 256 g/mol. The van der Waals surface area contributed by atoms with E-state index in [2.05, 4.69) is 9.88 Å². The van der Waals surface area contributed by atoms with E-state index >= 15 is 0 Å². The van der Waals surface area contributed by atoms with E-state index in [9.17, 15) is 9.90 Å². The van der Waals surface area contributed by atoms with Crippen LogP contribution in [0.2, 0.25) is 0 Å². The molecular formula is C11H16N2O3S. The van der Waals surface area contributed by atoms with Gasteiger partial charge in [-0.15, -0.1) is 11.3 Å². The number of thiazole rings is 1. The van der Waals surface area contributed by atoms with E-state index in [1.165, 1.54) is 0 Å². The number of likely N-dealkylation sites (tertiary alicyclic amines) is 1. The van der Waals surface area contributed by atoms with Gasteiger partial charge in [0.05, 0.1) is 11.8 Å². The first-order valence-electron chi connectivity index (χ1n) is 5.64. The van der Waals surface area contributed by atoms with Gasteiger partial charge in [-0.05, 0) is 25.8 Å². The minimum atomic E-state index is -0.968. The van der Waals surface area contributed by atoms with Crippen molar-refractivity contribution in [2.45, 2.75) is 26.0 Å². The lowest BCUT2D eigenvalue weighted by atomic mass is 10.0. The molecule has 94 valence electrons. The van der Waals surface area contributed by atoms with Gasteiger partial charge in [0.2, 0.25) is 5.01 Å². The standard InChI is InChI=1S/C11H16N2O3S/c1-7(14)8-2-3-13(4-8)5-9-6-17-10(12-9)11(15)16/h6-8,14H,2-5H2,1H3,(H,15,16). The summed E-state index contributed by atoms with van der Waals surface area (Å²) < 4.78 is 0. The molecule has 1 aliphatic heterocycles. The van der Waals surface area contributed by atoms with Crippen molar-refractivity contribution in [1.29, 1.82) is 0 Å². The van der Waals surface area contributed by atoms with Crippen LogP contribution in [0.5, 0.6) is 0 Å². The highest BCUT2D eigenvalue weighted by Crippen LogP contribution is 2.22. The van der Waals surface area contributed by atoms with E-state index in [4.69, 9.17) is 5.11 Å². The molecule has 0 amide bonds. The molecule has 2 heterocycles. The second-order valence-corrected chi connectivity index (χ2v) is 5.33. The summed E-state index contributed by atoms with van der Waals surface area (Å²) in [5.74, 6) is -0.642. The largest absolute Gasteiger partial charge is 0.476 e. The van der Waals surface area contributed by atoms with Gasteiger partial charge in [-0.25, -0.2) is 9.78 Å². The second-order valence-electron chi connectivity index (χ2n) is 4.47. The number of aromatic carboxylic acids is 1.